The molecule has 0 bridgehead atoms. The predicted octanol–water partition coefficient (Wildman–Crippen LogP) is -0.894. The van der Waals surface area contributed by atoms with Crippen LogP contribution in [-0.4, -0.2) is 70.1 Å². The number of amides is 2. The molecule has 2 fully saturated rings. The number of oxime groups is 1. The van der Waals surface area contributed by atoms with E-state index in [9.17, 15) is 24.3 Å². The summed E-state index contributed by atoms with van der Waals surface area (Å²) in [5.41, 5.74) is 2.87. The molecule has 0 spiro atoms. The first kappa shape index (κ1) is 20.8. The van der Waals surface area contributed by atoms with Gasteiger partial charge < -0.3 is 25.7 Å². The third-order valence-corrected chi connectivity index (χ3v) is 5.09. The van der Waals surface area contributed by atoms with Crippen molar-refractivity contribution < 1.29 is 38.7 Å². The molecule has 2 atom stereocenters. The number of carbonyl (C=O) groups is 4. The van der Waals surface area contributed by atoms with Gasteiger partial charge in [0, 0.05) is 6.42 Å². The molecule has 2 amide bonds. The number of hydrogen-bond donors (Lipinski definition) is 3. The highest BCUT2D eigenvalue weighted by molar-refractivity contribution is 7.19. The number of hydrogen-bond acceptors (Lipinski definition) is 11. The molecule has 1 aromatic heterocycles. The number of aliphatic carboxylic acids is 1. The van der Waals surface area contributed by atoms with Crippen molar-refractivity contribution in [3.8, 4) is 0 Å². The number of halogens is 1. The zero-order valence-electron chi connectivity index (χ0n) is 14.7. The van der Waals surface area contributed by atoms with E-state index >= 15 is 0 Å². The fourth-order valence-electron chi connectivity index (χ4n) is 2.73. The summed E-state index contributed by atoms with van der Waals surface area (Å²) in [6.07, 6.45) is -0.497. The molecule has 3 rings (SSSR count). The molecule has 13 nitrogen and oxygen atoms in total. The lowest BCUT2D eigenvalue weighted by Gasteiger charge is -2.30. The number of carbonyl (C=O) groups excluding carboxylic acids is 3. The number of carboxylic acid groups (broad SMARTS) is 1. The van der Waals surface area contributed by atoms with Crippen LogP contribution in [0.1, 0.15) is 18.5 Å². The number of anilines is 1. The number of nitrogens with two attached hydrogens (primary N) is 1. The number of nitrogens with one attached hydrogen (secondary N) is 1. The summed E-state index contributed by atoms with van der Waals surface area (Å²) in [7, 11) is 1.19. The summed E-state index contributed by atoms with van der Waals surface area (Å²) in [6.45, 7) is -0.398. The van der Waals surface area contributed by atoms with Gasteiger partial charge in [-0.15, -0.1) is 0 Å². The Bertz CT molecular complexity index is 920. The number of rotatable bonds is 6. The number of aromatic nitrogens is 1. The number of nitrogen functional groups attached to an aromatic ring is 1. The second-order valence-electron chi connectivity index (χ2n) is 5.81. The molecule has 156 valence electrons. The van der Waals surface area contributed by atoms with Gasteiger partial charge in [-0.1, -0.05) is 28.1 Å². The van der Waals surface area contributed by atoms with Crippen LogP contribution >= 0.6 is 22.9 Å². The van der Waals surface area contributed by atoms with Crippen molar-refractivity contribution in [1.82, 2.24) is 15.4 Å². The lowest BCUT2D eigenvalue weighted by atomic mass is 10.1. The van der Waals surface area contributed by atoms with Crippen LogP contribution in [0, 0.1) is 0 Å². The van der Waals surface area contributed by atoms with Crippen molar-refractivity contribution >= 4 is 57.5 Å². The van der Waals surface area contributed by atoms with Gasteiger partial charge in [0.15, 0.2) is 10.8 Å². The summed E-state index contributed by atoms with van der Waals surface area (Å²) >= 11 is 6.89. The molecule has 0 saturated carbocycles. The highest BCUT2D eigenvalue weighted by Crippen LogP contribution is 2.34. The van der Waals surface area contributed by atoms with Gasteiger partial charge in [0.05, 0.1) is 6.42 Å². The molecule has 0 radical (unpaired) electrons. The molecule has 0 aromatic carbocycles. The van der Waals surface area contributed by atoms with Gasteiger partial charge in [0.1, 0.15) is 29.8 Å². The highest BCUT2D eigenvalue weighted by Gasteiger charge is 2.59. The minimum Gasteiger partial charge on any atom is -0.477 e. The SMILES string of the molecule is CON=C(C(=O)N[C@H]1CON(C2(C(=O)O)CCC(=O)O2)C1=O)c1nc(N)sc1Cl. The Balaban J connectivity index is 1.78. The molecule has 1 aromatic rings. The van der Waals surface area contributed by atoms with E-state index in [1.807, 2.05) is 0 Å². The summed E-state index contributed by atoms with van der Waals surface area (Å²) in [6, 6.07) is -1.28. The number of nitrogens with zero attached hydrogens (tertiary/aromatic N) is 3. The fraction of sp³-hybridized carbons (Fsp3) is 0.429. The molecule has 1 unspecified atom stereocenters. The van der Waals surface area contributed by atoms with E-state index in [-0.39, 0.29) is 33.7 Å². The van der Waals surface area contributed by atoms with Crippen LogP contribution in [0.5, 0.6) is 0 Å². The largest absolute Gasteiger partial charge is 0.477 e. The maximum absolute atomic E-state index is 12.6. The van der Waals surface area contributed by atoms with Gasteiger partial charge in [-0.2, -0.15) is 5.06 Å². The minimum atomic E-state index is -2.29. The molecule has 2 aliphatic heterocycles. The zero-order valence-corrected chi connectivity index (χ0v) is 16.3. The fourth-order valence-corrected chi connectivity index (χ4v) is 3.66. The standard InChI is InChI=1S/C14H14ClN5O8S/c1-26-19-8(7-9(15)29-13(16)18-7)10(22)17-5-4-27-20(11(5)23)14(12(24)25)3-2-6(21)28-14/h5H,2-4H2,1H3,(H2,16,18)(H,17,22)(H,24,25)/t5-,14?/m0/s1. The Hall–Kier alpha value is -2.97. The van der Waals surface area contributed by atoms with Crippen molar-refractivity contribution in [2.24, 2.45) is 5.16 Å². The Kier molecular flexibility index (Phi) is 5.59. The Morgan fingerprint density at radius 1 is 1.52 bits per heavy atom. The van der Waals surface area contributed by atoms with Gasteiger partial charge in [-0.3, -0.25) is 19.2 Å². The van der Waals surface area contributed by atoms with Gasteiger partial charge in [0.25, 0.3) is 11.8 Å². The van der Waals surface area contributed by atoms with Gasteiger partial charge in [-0.05, 0) is 0 Å². The van der Waals surface area contributed by atoms with E-state index in [1.54, 1.807) is 0 Å². The van der Waals surface area contributed by atoms with Crippen LogP contribution in [0.15, 0.2) is 5.16 Å². The van der Waals surface area contributed by atoms with Gasteiger partial charge in [0.2, 0.25) is 0 Å². The first-order chi connectivity index (χ1) is 13.7. The van der Waals surface area contributed by atoms with Crippen LogP contribution in [0.4, 0.5) is 5.13 Å². The van der Waals surface area contributed by atoms with Crippen LogP contribution < -0.4 is 11.1 Å². The maximum atomic E-state index is 12.6. The zero-order chi connectivity index (χ0) is 21.3. The van der Waals surface area contributed by atoms with Crippen LogP contribution in [0.2, 0.25) is 4.34 Å². The van der Waals surface area contributed by atoms with Crippen molar-refractivity contribution in [3.05, 3.63) is 10.0 Å². The summed E-state index contributed by atoms with van der Waals surface area (Å²) in [5, 5.41) is 15.9. The van der Waals surface area contributed by atoms with E-state index < -0.39 is 42.1 Å². The number of hydroxylamine groups is 2. The van der Waals surface area contributed by atoms with Crippen LogP contribution in [0.25, 0.3) is 0 Å². The maximum Gasteiger partial charge on any atom is 0.372 e. The van der Waals surface area contributed by atoms with E-state index in [1.165, 1.54) is 7.11 Å². The van der Waals surface area contributed by atoms with Crippen LogP contribution in [0.3, 0.4) is 0 Å². The molecule has 29 heavy (non-hydrogen) atoms. The van der Waals surface area contributed by atoms with E-state index in [2.05, 4.69) is 20.3 Å². The number of esters is 1. The van der Waals surface area contributed by atoms with Gasteiger partial charge in [-0.25, -0.2) is 9.78 Å². The highest BCUT2D eigenvalue weighted by atomic mass is 35.5. The summed E-state index contributed by atoms with van der Waals surface area (Å²) in [4.78, 5) is 62.0. The lowest BCUT2D eigenvalue weighted by Crippen LogP contribution is -2.57. The average Bonchev–Trinajstić information content (AvgIpc) is 3.31. The predicted molar refractivity (Wildman–Crippen MR) is 95.5 cm³/mol. The van der Waals surface area contributed by atoms with E-state index in [4.69, 9.17) is 26.9 Å². The normalized spacial score (nSPS) is 24.6. The number of cyclic esters (lactones) is 1. The van der Waals surface area contributed by atoms with Gasteiger partial charge >= 0.3 is 17.7 Å². The minimum absolute atomic E-state index is 0.0523. The Labute approximate surface area is 171 Å². The van der Waals surface area contributed by atoms with Crippen LogP contribution in [-0.2, 0) is 33.6 Å². The molecule has 3 heterocycles. The van der Waals surface area contributed by atoms with Crippen molar-refractivity contribution in [3.63, 3.8) is 0 Å². The summed E-state index contributed by atoms with van der Waals surface area (Å²) < 4.78 is 4.91. The number of carboxylic acids is 1. The molecule has 2 aliphatic rings. The first-order valence-electron chi connectivity index (χ1n) is 7.96. The molecule has 4 N–H and O–H groups in total. The second-order valence-corrected chi connectivity index (χ2v) is 7.45. The molecule has 2 saturated heterocycles. The second kappa shape index (κ2) is 7.81. The molecule has 15 heteroatoms. The number of ether oxygens (including phenoxy) is 1. The molecular formula is C14H14ClN5O8S. The van der Waals surface area contributed by atoms with E-state index in [0.717, 1.165) is 11.3 Å². The topological polar surface area (TPSA) is 183 Å². The molecular weight excluding hydrogens is 434 g/mol. The van der Waals surface area contributed by atoms with Crippen molar-refractivity contribution in [2.45, 2.75) is 24.6 Å². The monoisotopic (exact) mass is 447 g/mol. The lowest BCUT2D eigenvalue weighted by molar-refractivity contribution is -0.256. The Morgan fingerprint density at radius 3 is 2.76 bits per heavy atom. The van der Waals surface area contributed by atoms with E-state index in [0.29, 0.717) is 5.06 Å². The summed E-state index contributed by atoms with van der Waals surface area (Å²) in [5.74, 6) is -4.18. The quantitative estimate of drug-likeness (QED) is 0.280. The molecule has 0 aliphatic carbocycles. The third-order valence-electron chi connectivity index (χ3n) is 4.01. The van der Waals surface area contributed by atoms with Crippen molar-refractivity contribution in [1.29, 1.82) is 0 Å². The third kappa shape index (κ3) is 3.68. The average molecular weight is 448 g/mol. The van der Waals surface area contributed by atoms with Crippen molar-refractivity contribution in [2.75, 3.05) is 19.5 Å². The smallest absolute Gasteiger partial charge is 0.372 e. The first-order valence-corrected chi connectivity index (χ1v) is 9.15. The number of thiazole rings is 1. The Morgan fingerprint density at radius 2 is 2.24 bits per heavy atom.